The van der Waals surface area contributed by atoms with Gasteiger partial charge in [-0.3, -0.25) is 4.90 Å². The Kier molecular flexibility index (Phi) is 5.25. The average molecular weight is 366 g/mol. The highest BCUT2D eigenvalue weighted by atomic mass is 16.5. The summed E-state index contributed by atoms with van der Waals surface area (Å²) in [6.07, 6.45) is 6.05. The highest BCUT2D eigenvalue weighted by Gasteiger charge is 2.33. The van der Waals surface area contributed by atoms with Crippen molar-refractivity contribution in [1.29, 1.82) is 0 Å². The van der Waals surface area contributed by atoms with Crippen LogP contribution >= 0.6 is 0 Å². The van der Waals surface area contributed by atoms with Gasteiger partial charge in [-0.2, -0.15) is 0 Å². The number of nitrogens with zero attached hydrogens (tertiary/aromatic N) is 1. The lowest BCUT2D eigenvalue weighted by molar-refractivity contribution is -0.0226. The smallest absolute Gasteiger partial charge is 0.123 e. The summed E-state index contributed by atoms with van der Waals surface area (Å²) in [4.78, 5) is 2.49. The van der Waals surface area contributed by atoms with Crippen LogP contribution in [-0.2, 0) is 25.8 Å². The Balaban J connectivity index is 1.42. The molecule has 1 aliphatic heterocycles. The zero-order valence-electron chi connectivity index (χ0n) is 16.6. The molecule has 1 saturated heterocycles. The summed E-state index contributed by atoms with van der Waals surface area (Å²) < 4.78 is 5.67. The molecule has 0 aromatic heterocycles. The van der Waals surface area contributed by atoms with E-state index in [0.29, 0.717) is 0 Å². The van der Waals surface area contributed by atoms with E-state index in [2.05, 4.69) is 48.2 Å². The van der Waals surface area contributed by atoms with Crippen molar-refractivity contribution < 1.29 is 9.84 Å². The lowest BCUT2D eigenvalue weighted by Gasteiger charge is -2.38. The van der Waals surface area contributed by atoms with Crippen molar-refractivity contribution in [3.63, 3.8) is 0 Å². The van der Waals surface area contributed by atoms with Crippen molar-refractivity contribution in [3.8, 4) is 5.75 Å². The first-order valence-electron chi connectivity index (χ1n) is 10.2. The van der Waals surface area contributed by atoms with Gasteiger partial charge >= 0.3 is 0 Å². The van der Waals surface area contributed by atoms with Gasteiger partial charge in [0.1, 0.15) is 5.75 Å². The van der Waals surface area contributed by atoms with E-state index in [1.54, 1.807) is 7.11 Å². The number of ether oxygens (including phenoxy) is 1. The molecule has 0 amide bonds. The maximum Gasteiger partial charge on any atom is 0.123 e. The van der Waals surface area contributed by atoms with Crippen molar-refractivity contribution in [2.45, 2.75) is 57.6 Å². The number of hydrogen-bond acceptors (Lipinski definition) is 3. The topological polar surface area (TPSA) is 32.7 Å². The lowest BCUT2D eigenvalue weighted by atomic mass is 9.85. The van der Waals surface area contributed by atoms with Gasteiger partial charge in [0, 0.05) is 31.6 Å². The molecule has 1 heterocycles. The fourth-order valence-electron chi connectivity index (χ4n) is 4.82. The summed E-state index contributed by atoms with van der Waals surface area (Å²) >= 11 is 0. The summed E-state index contributed by atoms with van der Waals surface area (Å²) in [6.45, 7) is 4.93. The molecule has 4 rings (SSSR count). The van der Waals surface area contributed by atoms with Gasteiger partial charge < -0.3 is 9.84 Å². The SMILES string of the molecule is COc1ccc2c(c1CN1CCC(O)(Cc3cccc(C)c3)CC1)CCC2. The Labute approximate surface area is 163 Å². The molecule has 1 aliphatic carbocycles. The molecule has 0 bridgehead atoms. The highest BCUT2D eigenvalue weighted by molar-refractivity contribution is 5.47. The Morgan fingerprint density at radius 3 is 2.67 bits per heavy atom. The molecule has 0 spiro atoms. The van der Waals surface area contributed by atoms with Crippen molar-refractivity contribution in [2.75, 3.05) is 20.2 Å². The predicted octanol–water partition coefficient (Wildman–Crippen LogP) is 4.06. The summed E-state index contributed by atoms with van der Waals surface area (Å²) in [5.74, 6) is 1.02. The Bertz CT molecular complexity index is 806. The number of likely N-dealkylation sites (tertiary alicyclic amines) is 1. The minimum atomic E-state index is -0.576. The molecule has 1 N–H and O–H groups in total. The van der Waals surface area contributed by atoms with E-state index in [4.69, 9.17) is 4.74 Å². The van der Waals surface area contributed by atoms with Crippen LogP contribution in [0, 0.1) is 6.92 Å². The number of aryl methyl sites for hydroxylation is 2. The van der Waals surface area contributed by atoms with Crippen molar-refractivity contribution in [3.05, 3.63) is 64.2 Å². The maximum atomic E-state index is 11.1. The Morgan fingerprint density at radius 2 is 1.93 bits per heavy atom. The number of fused-ring (bicyclic) bond motifs is 1. The quantitative estimate of drug-likeness (QED) is 0.867. The van der Waals surface area contributed by atoms with Crippen LogP contribution in [0.25, 0.3) is 0 Å². The molecule has 2 aromatic carbocycles. The molecule has 3 nitrogen and oxygen atoms in total. The molecule has 144 valence electrons. The summed E-state index contributed by atoms with van der Waals surface area (Å²) in [7, 11) is 1.77. The third-order valence-electron chi connectivity index (χ3n) is 6.36. The van der Waals surface area contributed by atoms with E-state index < -0.39 is 5.60 Å². The molecule has 2 aromatic rings. The van der Waals surface area contributed by atoms with Gasteiger partial charge in [-0.1, -0.05) is 35.9 Å². The van der Waals surface area contributed by atoms with Crippen molar-refractivity contribution in [1.82, 2.24) is 4.90 Å². The van der Waals surface area contributed by atoms with Gasteiger partial charge in [-0.25, -0.2) is 0 Å². The number of methoxy groups -OCH3 is 1. The molecule has 27 heavy (non-hydrogen) atoms. The third kappa shape index (κ3) is 4.04. The van der Waals surface area contributed by atoms with Crippen LogP contribution in [0.3, 0.4) is 0 Å². The van der Waals surface area contributed by atoms with Crippen LogP contribution in [0.15, 0.2) is 36.4 Å². The molecule has 0 atom stereocenters. The molecule has 0 unspecified atom stereocenters. The molecular weight excluding hydrogens is 334 g/mol. The first kappa shape index (κ1) is 18.5. The van der Waals surface area contributed by atoms with Crippen LogP contribution in [0.1, 0.15) is 47.1 Å². The monoisotopic (exact) mass is 365 g/mol. The van der Waals surface area contributed by atoms with Crippen LogP contribution < -0.4 is 4.74 Å². The van der Waals surface area contributed by atoms with Crippen LogP contribution in [0.4, 0.5) is 0 Å². The maximum absolute atomic E-state index is 11.1. The van der Waals surface area contributed by atoms with Gasteiger partial charge in [0.05, 0.1) is 12.7 Å². The van der Waals surface area contributed by atoms with Crippen molar-refractivity contribution >= 4 is 0 Å². The fourth-order valence-corrected chi connectivity index (χ4v) is 4.82. The fraction of sp³-hybridized carbons (Fsp3) is 0.500. The van der Waals surface area contributed by atoms with Gasteiger partial charge in [0.25, 0.3) is 0 Å². The van der Waals surface area contributed by atoms with Gasteiger partial charge in [-0.15, -0.1) is 0 Å². The van der Waals surface area contributed by atoms with Crippen LogP contribution in [-0.4, -0.2) is 35.8 Å². The normalized spacial score (nSPS) is 19.1. The molecule has 1 fully saturated rings. The van der Waals surface area contributed by atoms with E-state index in [1.165, 1.54) is 47.1 Å². The average Bonchev–Trinajstić information content (AvgIpc) is 3.13. The second kappa shape index (κ2) is 7.65. The van der Waals surface area contributed by atoms with Gasteiger partial charge in [-0.05, 0) is 61.8 Å². The minimum absolute atomic E-state index is 0.576. The highest BCUT2D eigenvalue weighted by Crippen LogP contribution is 2.34. The Hall–Kier alpha value is -1.84. The van der Waals surface area contributed by atoms with E-state index >= 15 is 0 Å². The first-order valence-corrected chi connectivity index (χ1v) is 10.2. The molecule has 2 aliphatic rings. The standard InChI is InChI=1S/C24H31NO2/c1-18-5-3-6-19(15-18)16-24(26)11-13-25(14-12-24)17-22-21-8-4-7-20(21)9-10-23(22)27-2/h3,5-6,9-10,15,26H,4,7-8,11-14,16-17H2,1-2H3. The molecular formula is C24H31NO2. The lowest BCUT2D eigenvalue weighted by Crippen LogP contribution is -2.45. The molecule has 0 radical (unpaired) electrons. The zero-order chi connectivity index (χ0) is 18.9. The van der Waals surface area contributed by atoms with E-state index in [0.717, 1.165) is 44.6 Å². The minimum Gasteiger partial charge on any atom is -0.496 e. The van der Waals surface area contributed by atoms with Gasteiger partial charge in [0.2, 0.25) is 0 Å². The second-order valence-corrected chi connectivity index (χ2v) is 8.40. The number of hydrogen-bond donors (Lipinski definition) is 1. The van der Waals surface area contributed by atoms with Gasteiger partial charge in [0.15, 0.2) is 0 Å². The molecule has 3 heteroatoms. The number of rotatable bonds is 5. The summed E-state index contributed by atoms with van der Waals surface area (Å²) in [6, 6.07) is 12.9. The third-order valence-corrected chi connectivity index (χ3v) is 6.36. The summed E-state index contributed by atoms with van der Waals surface area (Å²) in [5.41, 5.74) is 6.31. The summed E-state index contributed by atoms with van der Waals surface area (Å²) in [5, 5.41) is 11.1. The predicted molar refractivity (Wildman–Crippen MR) is 109 cm³/mol. The van der Waals surface area contributed by atoms with Crippen molar-refractivity contribution in [2.24, 2.45) is 0 Å². The Morgan fingerprint density at radius 1 is 1.11 bits per heavy atom. The number of piperidine rings is 1. The molecule has 0 saturated carbocycles. The largest absolute Gasteiger partial charge is 0.496 e. The van der Waals surface area contributed by atoms with E-state index in [9.17, 15) is 5.11 Å². The number of aliphatic hydroxyl groups is 1. The number of benzene rings is 2. The first-order chi connectivity index (χ1) is 13.1. The van der Waals surface area contributed by atoms with E-state index in [-0.39, 0.29) is 0 Å². The second-order valence-electron chi connectivity index (χ2n) is 8.40. The zero-order valence-corrected chi connectivity index (χ0v) is 16.6. The van der Waals surface area contributed by atoms with E-state index in [1.807, 2.05) is 0 Å². The van der Waals surface area contributed by atoms with Crippen LogP contribution in [0.5, 0.6) is 5.75 Å². The van der Waals surface area contributed by atoms with Crippen LogP contribution in [0.2, 0.25) is 0 Å².